The van der Waals surface area contributed by atoms with Gasteiger partial charge in [0.1, 0.15) is 0 Å². The molecule has 0 amide bonds. The number of rotatable bonds is 1. The van der Waals surface area contributed by atoms with Crippen LogP contribution in [0.2, 0.25) is 0 Å². The molecule has 13 heavy (non-hydrogen) atoms. The van der Waals surface area contributed by atoms with Crippen LogP contribution in [0, 0.1) is 11.8 Å². The summed E-state index contributed by atoms with van der Waals surface area (Å²) in [6.45, 7) is 4.52. The maximum Gasteiger partial charge on any atom is 0.0465 e. The average molecular weight is 203 g/mol. The summed E-state index contributed by atoms with van der Waals surface area (Å²) < 4.78 is 16.1. The molecule has 3 heteroatoms. The van der Waals surface area contributed by atoms with E-state index in [-0.39, 0.29) is 0 Å². The molecule has 1 rings (SSSR count). The van der Waals surface area contributed by atoms with Crippen molar-refractivity contribution in [2.45, 2.75) is 33.1 Å². The monoisotopic (exact) mass is 203 g/mol. The van der Waals surface area contributed by atoms with E-state index in [1.54, 1.807) is 7.05 Å². The third-order valence-corrected chi connectivity index (χ3v) is 5.77. The van der Waals surface area contributed by atoms with Crippen LogP contribution in [-0.2, 0) is 9.73 Å². The van der Waals surface area contributed by atoms with Crippen molar-refractivity contribution in [2.75, 3.05) is 18.6 Å². The van der Waals surface area contributed by atoms with Gasteiger partial charge in [-0.15, -0.1) is 0 Å². The lowest BCUT2D eigenvalue weighted by molar-refractivity contribution is 0.338. The highest BCUT2D eigenvalue weighted by Gasteiger charge is 2.23. The largest absolute Gasteiger partial charge is 0.250 e. The first kappa shape index (κ1) is 11.0. The quantitative estimate of drug-likeness (QED) is 0.644. The lowest BCUT2D eigenvalue weighted by atomic mass is 9.88. The van der Waals surface area contributed by atoms with Crippen molar-refractivity contribution >= 4 is 9.73 Å². The Bertz CT molecular complexity index is 266. The Kier molecular flexibility index (Phi) is 3.77. The van der Waals surface area contributed by atoms with Gasteiger partial charge in [-0.2, -0.15) is 0 Å². The second-order valence-electron chi connectivity index (χ2n) is 4.09. The molecule has 1 fully saturated rings. The number of nitrogens with zero attached hydrogens (tertiary/aromatic N) is 1. The normalized spacial score (nSPS) is 41.2. The maximum absolute atomic E-state index is 12.0. The molecule has 0 spiro atoms. The third kappa shape index (κ3) is 2.70. The van der Waals surface area contributed by atoms with Gasteiger partial charge in [0.05, 0.1) is 0 Å². The van der Waals surface area contributed by atoms with Crippen LogP contribution in [0.1, 0.15) is 33.1 Å². The Hall–Kier alpha value is -0.0500. The van der Waals surface area contributed by atoms with Crippen molar-refractivity contribution in [1.82, 2.24) is 0 Å². The van der Waals surface area contributed by atoms with Crippen molar-refractivity contribution in [3.63, 3.8) is 0 Å². The molecular weight excluding hydrogens is 182 g/mol. The molecule has 2 nitrogen and oxygen atoms in total. The SMILES string of the molecule is CCC1CCS(=O)(=NC)CCC1C. The molecule has 78 valence electrons. The zero-order valence-electron chi connectivity index (χ0n) is 8.95. The van der Waals surface area contributed by atoms with Crippen molar-refractivity contribution in [1.29, 1.82) is 0 Å². The van der Waals surface area contributed by atoms with E-state index in [4.69, 9.17) is 0 Å². The molecule has 0 saturated carbocycles. The summed E-state index contributed by atoms with van der Waals surface area (Å²) in [6, 6.07) is 0. The van der Waals surface area contributed by atoms with Crippen LogP contribution >= 0.6 is 0 Å². The van der Waals surface area contributed by atoms with E-state index in [9.17, 15) is 4.21 Å². The first-order valence-electron chi connectivity index (χ1n) is 5.22. The summed E-state index contributed by atoms with van der Waals surface area (Å²) >= 11 is 0. The fraction of sp³-hybridized carbons (Fsp3) is 1.00. The molecule has 0 N–H and O–H groups in total. The smallest absolute Gasteiger partial charge is 0.0465 e. The van der Waals surface area contributed by atoms with Gasteiger partial charge in [0, 0.05) is 28.3 Å². The van der Waals surface area contributed by atoms with Gasteiger partial charge in [0.2, 0.25) is 0 Å². The van der Waals surface area contributed by atoms with Crippen LogP contribution in [0.15, 0.2) is 4.36 Å². The van der Waals surface area contributed by atoms with Gasteiger partial charge in [-0.1, -0.05) is 20.3 Å². The van der Waals surface area contributed by atoms with Gasteiger partial charge in [-0.25, -0.2) is 8.57 Å². The molecule has 0 aromatic rings. The second kappa shape index (κ2) is 4.45. The Morgan fingerprint density at radius 2 is 2.00 bits per heavy atom. The molecule has 0 aromatic carbocycles. The standard InChI is InChI=1S/C10H21NOS/c1-4-10-6-8-13(12,11-3)7-5-9(10)2/h9-10H,4-8H2,1-3H3. The fourth-order valence-corrected chi connectivity index (χ4v) is 4.10. The van der Waals surface area contributed by atoms with E-state index in [0.29, 0.717) is 0 Å². The van der Waals surface area contributed by atoms with Gasteiger partial charge < -0.3 is 0 Å². The van der Waals surface area contributed by atoms with Gasteiger partial charge in [-0.3, -0.25) is 0 Å². The van der Waals surface area contributed by atoms with E-state index >= 15 is 0 Å². The van der Waals surface area contributed by atoms with Gasteiger partial charge in [-0.05, 0) is 24.7 Å². The van der Waals surface area contributed by atoms with Crippen molar-refractivity contribution < 1.29 is 4.21 Å². The molecule has 1 aliphatic heterocycles. The predicted molar refractivity (Wildman–Crippen MR) is 58.4 cm³/mol. The summed E-state index contributed by atoms with van der Waals surface area (Å²) in [5.74, 6) is 3.15. The molecule has 1 heterocycles. The Morgan fingerprint density at radius 3 is 2.54 bits per heavy atom. The molecule has 3 atom stereocenters. The molecule has 0 aromatic heterocycles. The second-order valence-corrected chi connectivity index (χ2v) is 6.81. The van der Waals surface area contributed by atoms with Crippen molar-refractivity contribution in [3.05, 3.63) is 0 Å². The zero-order valence-corrected chi connectivity index (χ0v) is 9.77. The molecule has 1 aliphatic rings. The van der Waals surface area contributed by atoms with Crippen LogP contribution < -0.4 is 0 Å². The highest BCUT2D eigenvalue weighted by atomic mass is 32.2. The molecular formula is C10H21NOS. The first-order chi connectivity index (χ1) is 6.11. The summed E-state index contributed by atoms with van der Waals surface area (Å²) in [7, 11) is -0.108. The van der Waals surface area contributed by atoms with Crippen LogP contribution in [-0.4, -0.2) is 22.8 Å². The lowest BCUT2D eigenvalue weighted by Crippen LogP contribution is -2.09. The molecule has 3 unspecified atom stereocenters. The van der Waals surface area contributed by atoms with Crippen molar-refractivity contribution in [2.24, 2.45) is 16.2 Å². The minimum atomic E-state index is -1.82. The maximum atomic E-state index is 12.0. The fourth-order valence-electron chi connectivity index (χ4n) is 2.12. The molecule has 0 bridgehead atoms. The van der Waals surface area contributed by atoms with E-state index in [1.807, 2.05) is 0 Å². The van der Waals surface area contributed by atoms with E-state index in [1.165, 1.54) is 6.42 Å². The van der Waals surface area contributed by atoms with Crippen LogP contribution in [0.5, 0.6) is 0 Å². The van der Waals surface area contributed by atoms with Crippen LogP contribution in [0.3, 0.4) is 0 Å². The summed E-state index contributed by atoms with van der Waals surface area (Å²) in [4.78, 5) is 0. The minimum Gasteiger partial charge on any atom is -0.250 e. The Balaban J connectivity index is 2.73. The van der Waals surface area contributed by atoms with Crippen LogP contribution in [0.25, 0.3) is 0 Å². The predicted octanol–water partition coefficient (Wildman–Crippen LogP) is 2.54. The summed E-state index contributed by atoms with van der Waals surface area (Å²) in [5.41, 5.74) is 0. The first-order valence-corrected chi connectivity index (χ1v) is 7.07. The average Bonchev–Trinajstić information content (AvgIpc) is 2.28. The molecule has 1 saturated heterocycles. The highest BCUT2D eigenvalue weighted by molar-refractivity contribution is 7.93. The topological polar surface area (TPSA) is 29.4 Å². The van der Waals surface area contributed by atoms with Crippen LogP contribution in [0.4, 0.5) is 0 Å². The number of hydrogen-bond donors (Lipinski definition) is 0. The molecule has 0 aliphatic carbocycles. The summed E-state index contributed by atoms with van der Waals surface area (Å²) in [6.07, 6.45) is 3.42. The Labute approximate surface area is 82.3 Å². The van der Waals surface area contributed by atoms with Gasteiger partial charge in [0.15, 0.2) is 0 Å². The Morgan fingerprint density at radius 1 is 1.38 bits per heavy atom. The lowest BCUT2D eigenvalue weighted by Gasteiger charge is -2.17. The zero-order chi connectivity index (χ0) is 9.90. The van der Waals surface area contributed by atoms with Gasteiger partial charge >= 0.3 is 0 Å². The van der Waals surface area contributed by atoms with E-state index in [0.717, 1.165) is 36.2 Å². The highest BCUT2D eigenvalue weighted by Crippen LogP contribution is 2.27. The molecule has 0 radical (unpaired) electrons. The summed E-state index contributed by atoms with van der Waals surface area (Å²) in [5, 5.41) is 0. The number of hydrogen-bond acceptors (Lipinski definition) is 2. The van der Waals surface area contributed by atoms with Gasteiger partial charge in [0.25, 0.3) is 0 Å². The third-order valence-electron chi connectivity index (χ3n) is 3.36. The van der Waals surface area contributed by atoms with E-state index in [2.05, 4.69) is 18.2 Å². The van der Waals surface area contributed by atoms with Crippen molar-refractivity contribution in [3.8, 4) is 0 Å². The van der Waals surface area contributed by atoms with E-state index < -0.39 is 9.73 Å². The minimum absolute atomic E-state index is 0.732.